The van der Waals surface area contributed by atoms with Crippen molar-refractivity contribution in [3.8, 4) is 0 Å². The van der Waals surface area contributed by atoms with Crippen LogP contribution in [0.3, 0.4) is 0 Å². The van der Waals surface area contributed by atoms with Crippen molar-refractivity contribution < 1.29 is 0 Å². The molecule has 0 radical (unpaired) electrons. The summed E-state index contributed by atoms with van der Waals surface area (Å²) in [6.07, 6.45) is 7.96. The molecule has 0 saturated carbocycles. The van der Waals surface area contributed by atoms with Gasteiger partial charge in [-0.3, -0.25) is 4.40 Å². The van der Waals surface area contributed by atoms with Gasteiger partial charge in [0.15, 0.2) is 5.82 Å². The Morgan fingerprint density at radius 3 is 3.33 bits per heavy atom. The first-order valence-electron chi connectivity index (χ1n) is 4.83. The molecule has 0 bridgehead atoms. The summed E-state index contributed by atoms with van der Waals surface area (Å²) in [5.74, 6) is 0.754. The highest BCUT2D eigenvalue weighted by Crippen LogP contribution is 2.11. The highest BCUT2D eigenvalue weighted by Gasteiger charge is 2.06. The average Bonchev–Trinajstić information content (AvgIpc) is 2.67. The number of fused-ring (bicyclic) bond motifs is 1. The second kappa shape index (κ2) is 4.08. The van der Waals surface area contributed by atoms with Gasteiger partial charge < -0.3 is 5.32 Å². The molecular formula is C10H13N5. The van der Waals surface area contributed by atoms with E-state index in [1.807, 2.05) is 16.7 Å². The molecule has 0 amide bonds. The van der Waals surface area contributed by atoms with Crippen LogP contribution in [0, 0.1) is 0 Å². The van der Waals surface area contributed by atoms with E-state index in [1.54, 1.807) is 12.5 Å². The predicted octanol–water partition coefficient (Wildman–Crippen LogP) is 1.50. The standard InChI is InChI=1S/C10H13N5/c1-3-4-8(2)13-9-10-14-12-7-15(10)6-5-11-9/h3,5-8H,1,4H2,2H3,(H,11,13). The molecule has 0 aromatic carbocycles. The molecule has 5 nitrogen and oxygen atoms in total. The molecule has 0 aliphatic heterocycles. The summed E-state index contributed by atoms with van der Waals surface area (Å²) in [4.78, 5) is 4.23. The molecule has 0 saturated heterocycles. The van der Waals surface area contributed by atoms with Gasteiger partial charge in [0, 0.05) is 18.4 Å². The smallest absolute Gasteiger partial charge is 0.203 e. The van der Waals surface area contributed by atoms with Crippen molar-refractivity contribution in [3.63, 3.8) is 0 Å². The number of hydrogen-bond donors (Lipinski definition) is 1. The maximum absolute atomic E-state index is 4.23. The number of nitrogens with zero attached hydrogens (tertiary/aromatic N) is 4. The lowest BCUT2D eigenvalue weighted by molar-refractivity contribution is 0.806. The van der Waals surface area contributed by atoms with E-state index in [-0.39, 0.29) is 6.04 Å². The summed E-state index contributed by atoms with van der Waals surface area (Å²) in [6.45, 7) is 5.77. The van der Waals surface area contributed by atoms with Crippen LogP contribution in [0.2, 0.25) is 0 Å². The van der Waals surface area contributed by atoms with E-state index in [1.165, 1.54) is 0 Å². The zero-order valence-electron chi connectivity index (χ0n) is 8.59. The topological polar surface area (TPSA) is 55.1 Å². The summed E-state index contributed by atoms with van der Waals surface area (Å²) in [7, 11) is 0. The highest BCUT2D eigenvalue weighted by atomic mass is 15.2. The Labute approximate surface area is 87.9 Å². The van der Waals surface area contributed by atoms with Crippen LogP contribution in [-0.4, -0.2) is 25.6 Å². The molecule has 2 rings (SSSR count). The Kier molecular flexibility index (Phi) is 2.62. The zero-order chi connectivity index (χ0) is 10.7. The third-order valence-electron chi connectivity index (χ3n) is 2.12. The molecule has 0 aliphatic rings. The van der Waals surface area contributed by atoms with E-state index in [9.17, 15) is 0 Å². The first-order valence-corrected chi connectivity index (χ1v) is 4.83. The second-order valence-corrected chi connectivity index (χ2v) is 3.41. The minimum Gasteiger partial charge on any atom is -0.364 e. The quantitative estimate of drug-likeness (QED) is 0.765. The summed E-state index contributed by atoms with van der Waals surface area (Å²) < 4.78 is 1.83. The predicted molar refractivity (Wildman–Crippen MR) is 58.7 cm³/mol. The SMILES string of the molecule is C=CCC(C)Nc1nccn2cnnc12. The summed E-state index contributed by atoms with van der Waals surface area (Å²) >= 11 is 0. The van der Waals surface area contributed by atoms with Crippen LogP contribution in [0.15, 0.2) is 31.4 Å². The molecule has 5 heteroatoms. The van der Waals surface area contributed by atoms with Crippen LogP contribution >= 0.6 is 0 Å². The molecular weight excluding hydrogens is 190 g/mol. The first-order chi connectivity index (χ1) is 7.31. The lowest BCUT2D eigenvalue weighted by atomic mass is 10.2. The molecule has 1 unspecified atom stereocenters. The van der Waals surface area contributed by atoms with Crippen molar-refractivity contribution in [2.75, 3.05) is 5.32 Å². The third kappa shape index (κ3) is 1.96. The van der Waals surface area contributed by atoms with Gasteiger partial charge in [-0.2, -0.15) is 0 Å². The molecule has 1 N–H and O–H groups in total. The largest absolute Gasteiger partial charge is 0.364 e. The highest BCUT2D eigenvalue weighted by molar-refractivity contribution is 5.61. The van der Waals surface area contributed by atoms with E-state index in [4.69, 9.17) is 0 Å². The lowest BCUT2D eigenvalue weighted by Gasteiger charge is -2.12. The van der Waals surface area contributed by atoms with Crippen molar-refractivity contribution in [3.05, 3.63) is 31.4 Å². The van der Waals surface area contributed by atoms with E-state index in [2.05, 4.69) is 34.0 Å². The summed E-state index contributed by atoms with van der Waals surface area (Å²) in [5, 5.41) is 11.1. The molecule has 2 aromatic rings. The Balaban J connectivity index is 2.27. The number of anilines is 1. The van der Waals surface area contributed by atoms with Gasteiger partial charge in [-0.1, -0.05) is 6.08 Å². The Morgan fingerprint density at radius 1 is 1.67 bits per heavy atom. The molecule has 78 valence electrons. The van der Waals surface area contributed by atoms with Crippen LogP contribution < -0.4 is 5.32 Å². The van der Waals surface area contributed by atoms with Gasteiger partial charge in [0.1, 0.15) is 6.33 Å². The fraction of sp³-hybridized carbons (Fsp3) is 0.300. The molecule has 0 spiro atoms. The van der Waals surface area contributed by atoms with E-state index in [0.717, 1.165) is 17.9 Å². The maximum Gasteiger partial charge on any atom is 0.203 e. The molecule has 1 atom stereocenters. The van der Waals surface area contributed by atoms with Crippen LogP contribution in [0.5, 0.6) is 0 Å². The molecule has 0 aliphatic carbocycles. The number of hydrogen-bond acceptors (Lipinski definition) is 4. The van der Waals surface area contributed by atoms with Crippen molar-refractivity contribution >= 4 is 11.5 Å². The number of aromatic nitrogens is 4. The first kappa shape index (κ1) is 9.64. The fourth-order valence-corrected chi connectivity index (χ4v) is 1.40. The van der Waals surface area contributed by atoms with Gasteiger partial charge in [-0.05, 0) is 13.3 Å². The van der Waals surface area contributed by atoms with Crippen molar-refractivity contribution in [2.45, 2.75) is 19.4 Å². The van der Waals surface area contributed by atoms with Gasteiger partial charge in [0.25, 0.3) is 0 Å². The minimum absolute atomic E-state index is 0.290. The van der Waals surface area contributed by atoms with Gasteiger partial charge in [0.2, 0.25) is 5.65 Å². The van der Waals surface area contributed by atoms with Crippen LogP contribution in [0.4, 0.5) is 5.82 Å². The molecule has 0 fully saturated rings. The average molecular weight is 203 g/mol. The minimum atomic E-state index is 0.290. The van der Waals surface area contributed by atoms with Gasteiger partial charge in [0.05, 0.1) is 0 Å². The van der Waals surface area contributed by atoms with Crippen LogP contribution in [0.1, 0.15) is 13.3 Å². The van der Waals surface area contributed by atoms with E-state index in [0.29, 0.717) is 0 Å². The van der Waals surface area contributed by atoms with Crippen LogP contribution in [0.25, 0.3) is 5.65 Å². The molecule has 2 aromatic heterocycles. The van der Waals surface area contributed by atoms with Crippen molar-refractivity contribution in [2.24, 2.45) is 0 Å². The third-order valence-corrected chi connectivity index (χ3v) is 2.12. The van der Waals surface area contributed by atoms with Gasteiger partial charge in [-0.15, -0.1) is 16.8 Å². The van der Waals surface area contributed by atoms with E-state index >= 15 is 0 Å². The molecule has 15 heavy (non-hydrogen) atoms. The van der Waals surface area contributed by atoms with E-state index < -0.39 is 0 Å². The van der Waals surface area contributed by atoms with Gasteiger partial charge in [-0.25, -0.2) is 4.98 Å². The van der Waals surface area contributed by atoms with Crippen molar-refractivity contribution in [1.29, 1.82) is 0 Å². The lowest BCUT2D eigenvalue weighted by Crippen LogP contribution is -2.15. The normalized spacial score (nSPS) is 12.6. The van der Waals surface area contributed by atoms with Crippen LogP contribution in [-0.2, 0) is 0 Å². The Morgan fingerprint density at radius 2 is 2.53 bits per heavy atom. The monoisotopic (exact) mass is 203 g/mol. The summed E-state index contributed by atoms with van der Waals surface area (Å²) in [5.41, 5.74) is 0.744. The fourth-order valence-electron chi connectivity index (χ4n) is 1.40. The second-order valence-electron chi connectivity index (χ2n) is 3.41. The number of rotatable bonds is 4. The Bertz CT molecular complexity index is 462. The molecule has 2 heterocycles. The van der Waals surface area contributed by atoms with Gasteiger partial charge >= 0.3 is 0 Å². The zero-order valence-corrected chi connectivity index (χ0v) is 8.59. The summed E-state index contributed by atoms with van der Waals surface area (Å²) in [6, 6.07) is 0.290. The Hall–Kier alpha value is -1.91. The van der Waals surface area contributed by atoms with Crippen molar-refractivity contribution in [1.82, 2.24) is 19.6 Å². The maximum atomic E-state index is 4.23. The number of nitrogens with one attached hydrogen (secondary N) is 1.